The molecule has 0 aromatic carbocycles. The maximum atomic E-state index is 12.4. The van der Waals surface area contributed by atoms with E-state index in [0.29, 0.717) is 12.8 Å². The van der Waals surface area contributed by atoms with E-state index in [4.69, 9.17) is 14.2 Å². The van der Waals surface area contributed by atoms with Gasteiger partial charge in [0.15, 0.2) is 6.10 Å². The van der Waals surface area contributed by atoms with E-state index in [9.17, 15) is 19.5 Å². The predicted octanol–water partition coefficient (Wildman–Crippen LogP) is 6.56. The predicted molar refractivity (Wildman–Crippen MR) is 180 cm³/mol. The van der Waals surface area contributed by atoms with Crippen LogP contribution in [0.3, 0.4) is 0 Å². The summed E-state index contributed by atoms with van der Waals surface area (Å²) in [6.07, 6.45) is 31.5. The second-order valence-corrected chi connectivity index (χ2v) is 12.0. The van der Waals surface area contributed by atoms with Crippen molar-refractivity contribution in [1.82, 2.24) is 0 Å². The van der Waals surface area contributed by atoms with E-state index in [-0.39, 0.29) is 43.1 Å². The van der Waals surface area contributed by atoms with E-state index >= 15 is 0 Å². The highest BCUT2D eigenvalue weighted by Crippen LogP contribution is 2.10. The minimum atomic E-state index is -1.14. The van der Waals surface area contributed by atoms with E-state index in [2.05, 4.69) is 62.5 Å². The third kappa shape index (κ3) is 27.1. The lowest BCUT2D eigenvalue weighted by Gasteiger charge is -2.34. The SMILES string of the molecule is CC/C=C/C/C=C/C/C=C/CCCCCCC(=O)OCC(COCCC(C(=O)[O-])[N+](C)(C)C)OC(=O)CC/C=C/C/C=C/CC. The molecule has 0 bridgehead atoms. The van der Waals surface area contributed by atoms with Crippen LogP contribution in [-0.4, -0.2) is 75.5 Å². The average molecular weight is 632 g/mol. The zero-order chi connectivity index (χ0) is 33.6. The number of likely N-dealkylation sites (N-methyl/N-ethyl adjacent to an activating group) is 1. The molecule has 0 fully saturated rings. The van der Waals surface area contributed by atoms with Crippen molar-refractivity contribution in [2.24, 2.45) is 0 Å². The molecule has 2 unspecified atom stereocenters. The first kappa shape index (κ1) is 42.0. The summed E-state index contributed by atoms with van der Waals surface area (Å²) in [4.78, 5) is 36.3. The molecule has 0 N–H and O–H groups in total. The van der Waals surface area contributed by atoms with Crippen molar-refractivity contribution in [2.45, 2.75) is 116 Å². The molecule has 0 saturated carbocycles. The van der Waals surface area contributed by atoms with E-state index in [1.165, 1.54) is 0 Å². The van der Waals surface area contributed by atoms with Crippen LogP contribution in [0.1, 0.15) is 104 Å². The van der Waals surface area contributed by atoms with Gasteiger partial charge < -0.3 is 28.6 Å². The third-order valence-corrected chi connectivity index (χ3v) is 6.91. The molecule has 0 amide bonds. The Hall–Kier alpha value is -2.97. The summed E-state index contributed by atoms with van der Waals surface area (Å²) in [5.41, 5.74) is 0. The molecule has 0 heterocycles. The van der Waals surface area contributed by atoms with Gasteiger partial charge in [0.05, 0.1) is 40.3 Å². The molecule has 0 aliphatic carbocycles. The largest absolute Gasteiger partial charge is 0.544 e. The fourth-order valence-electron chi connectivity index (χ4n) is 4.32. The van der Waals surface area contributed by atoms with Crippen molar-refractivity contribution in [3.8, 4) is 0 Å². The van der Waals surface area contributed by atoms with Crippen molar-refractivity contribution in [2.75, 3.05) is 41.0 Å². The Bertz CT molecular complexity index is 928. The zero-order valence-corrected chi connectivity index (χ0v) is 28.8. The molecule has 8 nitrogen and oxygen atoms in total. The van der Waals surface area contributed by atoms with Gasteiger partial charge in [-0.1, -0.05) is 87.4 Å². The maximum absolute atomic E-state index is 12.4. The highest BCUT2D eigenvalue weighted by Gasteiger charge is 2.25. The number of rotatable bonds is 28. The number of carboxylic acid groups (broad SMARTS) is 1. The number of carboxylic acids is 1. The number of hydrogen-bond acceptors (Lipinski definition) is 7. The molecule has 0 aromatic rings. The Morgan fingerprint density at radius 3 is 1.80 bits per heavy atom. The summed E-state index contributed by atoms with van der Waals surface area (Å²) in [7, 11) is 5.35. The Labute approximate surface area is 273 Å². The first-order valence-electron chi connectivity index (χ1n) is 16.8. The molecule has 0 rings (SSSR count). The molecule has 45 heavy (non-hydrogen) atoms. The van der Waals surface area contributed by atoms with Gasteiger partial charge in [0.25, 0.3) is 0 Å². The van der Waals surface area contributed by atoms with Gasteiger partial charge in [-0.2, -0.15) is 0 Å². The van der Waals surface area contributed by atoms with Crippen LogP contribution in [0.4, 0.5) is 0 Å². The van der Waals surface area contributed by atoms with Crippen molar-refractivity contribution in [3.05, 3.63) is 60.8 Å². The molecule has 0 spiro atoms. The van der Waals surface area contributed by atoms with Gasteiger partial charge in [-0.25, -0.2) is 0 Å². The van der Waals surface area contributed by atoms with E-state index < -0.39 is 24.1 Å². The summed E-state index contributed by atoms with van der Waals surface area (Å²) in [6, 6.07) is -0.737. The van der Waals surface area contributed by atoms with Gasteiger partial charge in [-0.05, 0) is 57.8 Å². The number of hydrogen-bond donors (Lipinski definition) is 0. The van der Waals surface area contributed by atoms with Gasteiger partial charge >= 0.3 is 11.9 Å². The first-order valence-corrected chi connectivity index (χ1v) is 16.8. The van der Waals surface area contributed by atoms with Crippen molar-refractivity contribution >= 4 is 17.9 Å². The van der Waals surface area contributed by atoms with E-state index in [0.717, 1.165) is 64.2 Å². The highest BCUT2D eigenvalue weighted by molar-refractivity contribution is 5.70. The van der Waals surface area contributed by atoms with Crippen molar-refractivity contribution in [1.29, 1.82) is 0 Å². The van der Waals surface area contributed by atoms with Crippen molar-refractivity contribution < 1.29 is 38.2 Å². The lowest BCUT2D eigenvalue weighted by atomic mass is 10.1. The van der Waals surface area contributed by atoms with Crippen molar-refractivity contribution in [3.63, 3.8) is 0 Å². The minimum absolute atomic E-state index is 0.00674. The Kier molecular flexibility index (Phi) is 26.6. The summed E-state index contributed by atoms with van der Waals surface area (Å²) in [6.45, 7) is 4.26. The monoisotopic (exact) mass is 631 g/mol. The zero-order valence-electron chi connectivity index (χ0n) is 28.8. The second kappa shape index (κ2) is 28.5. The summed E-state index contributed by atoms with van der Waals surface area (Å²) >= 11 is 0. The number of unbranched alkanes of at least 4 members (excludes halogenated alkanes) is 4. The van der Waals surface area contributed by atoms with Crippen LogP contribution in [0.2, 0.25) is 0 Å². The number of aliphatic carboxylic acids is 1. The van der Waals surface area contributed by atoms with Gasteiger partial charge in [0.1, 0.15) is 12.6 Å². The standard InChI is InChI=1S/C37H61NO7/c1-6-8-10-12-14-15-16-17-18-19-20-22-23-25-27-35(39)44-32-33(31-43-30-29-34(37(41)42)38(3,4)5)45-36(40)28-26-24-21-13-11-9-7-2/h8-11,14-15,17-18,21,24,33-34H,6-7,12-13,16,19-20,22-23,25-32H2,1-5H3/b10-8+,11-9+,15-14+,18-17+,24-21+. The van der Waals surface area contributed by atoms with Gasteiger partial charge in [-0.3, -0.25) is 9.59 Å². The molecular formula is C37H61NO7. The maximum Gasteiger partial charge on any atom is 0.306 e. The molecule has 256 valence electrons. The molecular weight excluding hydrogens is 570 g/mol. The smallest absolute Gasteiger partial charge is 0.306 e. The number of nitrogens with zero attached hydrogens (tertiary/aromatic N) is 1. The van der Waals surface area contributed by atoms with E-state index in [1.807, 2.05) is 12.2 Å². The fourth-order valence-corrected chi connectivity index (χ4v) is 4.32. The number of esters is 2. The number of carbonyl (C=O) groups excluding carboxylic acids is 3. The molecule has 8 heteroatoms. The molecule has 0 saturated heterocycles. The molecule has 0 aliphatic rings. The Morgan fingerprint density at radius 1 is 0.667 bits per heavy atom. The molecule has 0 aromatic heterocycles. The number of carbonyl (C=O) groups is 3. The lowest BCUT2D eigenvalue weighted by Crippen LogP contribution is -2.55. The number of allylic oxidation sites excluding steroid dienone is 10. The van der Waals surface area contributed by atoms with E-state index in [1.54, 1.807) is 21.1 Å². The Balaban J connectivity index is 4.51. The summed E-state index contributed by atoms with van der Waals surface area (Å²) < 4.78 is 16.9. The van der Waals surface area contributed by atoms with Crippen LogP contribution >= 0.6 is 0 Å². The van der Waals surface area contributed by atoms with Crippen LogP contribution in [0.5, 0.6) is 0 Å². The number of quaternary nitrogens is 1. The molecule has 2 atom stereocenters. The highest BCUT2D eigenvalue weighted by atomic mass is 16.6. The molecule has 0 radical (unpaired) electrons. The average Bonchev–Trinajstić information content (AvgIpc) is 2.98. The quantitative estimate of drug-likeness (QED) is 0.0417. The van der Waals surface area contributed by atoms with Gasteiger partial charge in [-0.15, -0.1) is 0 Å². The Morgan fingerprint density at radius 2 is 1.22 bits per heavy atom. The summed E-state index contributed by atoms with van der Waals surface area (Å²) in [5.74, 6) is -1.88. The first-order chi connectivity index (χ1) is 21.6. The van der Waals surface area contributed by atoms with Crippen LogP contribution in [0.15, 0.2) is 60.8 Å². The third-order valence-electron chi connectivity index (χ3n) is 6.91. The fraction of sp³-hybridized carbons (Fsp3) is 0.649. The van der Waals surface area contributed by atoms with Crippen LogP contribution in [-0.2, 0) is 28.6 Å². The topological polar surface area (TPSA) is 102 Å². The normalized spacial score (nSPS) is 13.9. The van der Waals surface area contributed by atoms with Crippen LogP contribution in [0, 0.1) is 0 Å². The van der Waals surface area contributed by atoms with Crippen LogP contribution < -0.4 is 5.11 Å². The molecule has 0 aliphatic heterocycles. The second-order valence-electron chi connectivity index (χ2n) is 12.0. The minimum Gasteiger partial charge on any atom is -0.544 e. The number of ether oxygens (including phenoxy) is 3. The van der Waals surface area contributed by atoms with Gasteiger partial charge in [0.2, 0.25) is 0 Å². The lowest BCUT2D eigenvalue weighted by molar-refractivity contribution is -0.889. The summed E-state index contributed by atoms with van der Waals surface area (Å²) in [5, 5.41) is 11.5. The van der Waals surface area contributed by atoms with Crippen LogP contribution in [0.25, 0.3) is 0 Å². The van der Waals surface area contributed by atoms with Gasteiger partial charge in [0, 0.05) is 19.3 Å².